The van der Waals surface area contributed by atoms with Crippen LogP contribution in [0.15, 0.2) is 59.0 Å². The van der Waals surface area contributed by atoms with Crippen LogP contribution in [0.5, 0.6) is 5.75 Å². The first-order valence-electron chi connectivity index (χ1n) is 8.50. The number of rotatable bonds is 7. The Hall–Kier alpha value is -3.25. The number of methoxy groups -OCH3 is 1. The van der Waals surface area contributed by atoms with Crippen LogP contribution in [0, 0.1) is 0 Å². The van der Waals surface area contributed by atoms with Crippen LogP contribution < -0.4 is 10.1 Å². The Bertz CT molecular complexity index is 928. The summed E-state index contributed by atoms with van der Waals surface area (Å²) in [6, 6.07) is 15.9. The van der Waals surface area contributed by atoms with Gasteiger partial charge in [0.25, 0.3) is 0 Å². The number of aliphatic hydroxyl groups is 1. The number of nitrogens with one attached hydrogen (secondary N) is 1. The van der Waals surface area contributed by atoms with E-state index in [1.54, 1.807) is 13.0 Å². The molecule has 1 aromatic heterocycles. The third-order valence-corrected chi connectivity index (χ3v) is 4.24. The molecular weight excluding hydrogens is 346 g/mol. The molecule has 1 unspecified atom stereocenters. The van der Waals surface area contributed by atoms with Crippen LogP contribution >= 0.6 is 0 Å². The van der Waals surface area contributed by atoms with E-state index < -0.39 is 12.1 Å². The van der Waals surface area contributed by atoms with Gasteiger partial charge >= 0.3 is 5.97 Å². The lowest BCUT2D eigenvalue weighted by Crippen LogP contribution is -2.03. The molecule has 0 radical (unpaired) electrons. The lowest BCUT2D eigenvalue weighted by atomic mass is 10.1. The van der Waals surface area contributed by atoms with Gasteiger partial charge in [0.05, 0.1) is 31.0 Å². The molecule has 6 nitrogen and oxygen atoms in total. The fraction of sp³-hybridized carbons (Fsp3) is 0.190. The maximum absolute atomic E-state index is 11.2. The van der Waals surface area contributed by atoms with Crippen LogP contribution in [0.25, 0.3) is 11.3 Å². The summed E-state index contributed by atoms with van der Waals surface area (Å²) >= 11 is 0. The number of carbonyl (C=O) groups is 1. The van der Waals surface area contributed by atoms with Crippen LogP contribution in [-0.2, 0) is 6.54 Å². The van der Waals surface area contributed by atoms with E-state index in [0.717, 1.165) is 16.9 Å². The zero-order chi connectivity index (χ0) is 19.4. The molecule has 0 aliphatic carbocycles. The van der Waals surface area contributed by atoms with Gasteiger partial charge in [-0.15, -0.1) is 0 Å². The lowest BCUT2D eigenvalue weighted by molar-refractivity contribution is 0.0697. The summed E-state index contributed by atoms with van der Waals surface area (Å²) in [5, 5.41) is 21.9. The predicted molar refractivity (Wildman–Crippen MR) is 102 cm³/mol. The van der Waals surface area contributed by atoms with Crippen molar-refractivity contribution in [1.29, 1.82) is 0 Å². The number of carboxylic acids is 1. The van der Waals surface area contributed by atoms with Crippen molar-refractivity contribution in [3.63, 3.8) is 0 Å². The first-order valence-corrected chi connectivity index (χ1v) is 8.50. The average molecular weight is 367 g/mol. The quantitative estimate of drug-likeness (QED) is 0.576. The van der Waals surface area contributed by atoms with Crippen LogP contribution in [0.2, 0.25) is 0 Å². The fourth-order valence-electron chi connectivity index (χ4n) is 2.72. The minimum Gasteiger partial charge on any atom is -0.495 e. The summed E-state index contributed by atoms with van der Waals surface area (Å²) in [5.41, 5.74) is 2.52. The highest BCUT2D eigenvalue weighted by Gasteiger charge is 2.11. The highest BCUT2D eigenvalue weighted by molar-refractivity contribution is 5.89. The molecule has 0 amide bonds. The Labute approximate surface area is 157 Å². The number of hydrogen-bond donors (Lipinski definition) is 3. The molecule has 3 rings (SSSR count). The number of hydrogen-bond acceptors (Lipinski definition) is 5. The van der Waals surface area contributed by atoms with Crippen molar-refractivity contribution in [3.05, 3.63) is 71.5 Å². The number of aromatic carboxylic acids is 1. The largest absolute Gasteiger partial charge is 0.495 e. The second-order valence-corrected chi connectivity index (χ2v) is 6.14. The van der Waals surface area contributed by atoms with Crippen LogP contribution in [-0.4, -0.2) is 23.3 Å². The normalized spacial score (nSPS) is 11.8. The van der Waals surface area contributed by atoms with Crippen LogP contribution in [0.4, 0.5) is 5.69 Å². The van der Waals surface area contributed by atoms with Crippen molar-refractivity contribution in [2.75, 3.05) is 12.4 Å². The summed E-state index contributed by atoms with van der Waals surface area (Å²) < 4.78 is 11.1. The van der Waals surface area contributed by atoms with E-state index in [1.807, 2.05) is 36.4 Å². The molecular formula is C21H21NO5. The molecule has 0 saturated carbocycles. The summed E-state index contributed by atoms with van der Waals surface area (Å²) in [6.45, 7) is 2.10. The minimum atomic E-state index is -0.998. The Kier molecular flexibility index (Phi) is 5.47. The van der Waals surface area contributed by atoms with Gasteiger partial charge in [-0.2, -0.15) is 0 Å². The summed E-state index contributed by atoms with van der Waals surface area (Å²) in [6.07, 6.45) is -0.507. The smallest absolute Gasteiger partial charge is 0.335 e. The number of anilines is 1. The second-order valence-electron chi connectivity index (χ2n) is 6.14. The Morgan fingerprint density at radius 2 is 1.89 bits per heavy atom. The van der Waals surface area contributed by atoms with Gasteiger partial charge in [0.1, 0.15) is 17.3 Å². The summed E-state index contributed by atoms with van der Waals surface area (Å²) in [4.78, 5) is 11.2. The van der Waals surface area contributed by atoms with Gasteiger partial charge in [0, 0.05) is 5.56 Å². The molecule has 0 bridgehead atoms. The first-order chi connectivity index (χ1) is 13.0. The van der Waals surface area contributed by atoms with Crippen molar-refractivity contribution < 1.29 is 24.2 Å². The highest BCUT2D eigenvalue weighted by atomic mass is 16.5. The van der Waals surface area contributed by atoms with Gasteiger partial charge in [-0.05, 0) is 42.8 Å². The van der Waals surface area contributed by atoms with Gasteiger partial charge in [-0.25, -0.2) is 4.79 Å². The molecule has 0 aliphatic rings. The molecule has 3 aromatic rings. The summed E-state index contributed by atoms with van der Waals surface area (Å²) in [7, 11) is 1.53. The second kappa shape index (κ2) is 7.97. The van der Waals surface area contributed by atoms with E-state index in [0.29, 0.717) is 23.7 Å². The standard InChI is InChI=1S/C21H21NO5/c1-13(23)14-3-5-15(6-4-14)19-10-8-17(27-19)12-22-18-11-16(21(24)25)7-9-20(18)26-2/h3-11,13,22-23H,12H2,1-2H3,(H,24,25). The van der Waals surface area contributed by atoms with Crippen molar-refractivity contribution in [2.45, 2.75) is 19.6 Å². The zero-order valence-electron chi connectivity index (χ0n) is 15.1. The van der Waals surface area contributed by atoms with Crippen molar-refractivity contribution in [3.8, 4) is 17.1 Å². The highest BCUT2D eigenvalue weighted by Crippen LogP contribution is 2.28. The Morgan fingerprint density at radius 1 is 1.15 bits per heavy atom. The molecule has 0 spiro atoms. The molecule has 0 saturated heterocycles. The molecule has 6 heteroatoms. The van der Waals surface area contributed by atoms with E-state index in [4.69, 9.17) is 14.3 Å². The molecule has 3 N–H and O–H groups in total. The number of aliphatic hydroxyl groups excluding tert-OH is 1. The molecule has 1 heterocycles. The van der Waals surface area contributed by atoms with Crippen molar-refractivity contribution >= 4 is 11.7 Å². The predicted octanol–water partition coefficient (Wildman–Crippen LogP) is 4.32. The van der Waals surface area contributed by atoms with E-state index in [-0.39, 0.29) is 5.56 Å². The van der Waals surface area contributed by atoms with Crippen molar-refractivity contribution in [2.24, 2.45) is 0 Å². The Morgan fingerprint density at radius 3 is 2.52 bits per heavy atom. The van der Waals surface area contributed by atoms with Crippen LogP contribution in [0.1, 0.15) is 34.7 Å². The maximum atomic E-state index is 11.2. The lowest BCUT2D eigenvalue weighted by Gasteiger charge is -2.11. The molecule has 1 atom stereocenters. The topological polar surface area (TPSA) is 91.9 Å². The van der Waals surface area contributed by atoms with E-state index >= 15 is 0 Å². The van der Waals surface area contributed by atoms with Crippen molar-refractivity contribution in [1.82, 2.24) is 0 Å². The number of carboxylic acid groups (broad SMARTS) is 1. The minimum absolute atomic E-state index is 0.177. The molecule has 0 aliphatic heterocycles. The average Bonchev–Trinajstić information content (AvgIpc) is 3.15. The van der Waals surface area contributed by atoms with Gasteiger partial charge in [-0.3, -0.25) is 0 Å². The van der Waals surface area contributed by atoms with Gasteiger partial charge in [0.2, 0.25) is 0 Å². The zero-order valence-corrected chi connectivity index (χ0v) is 15.1. The van der Waals surface area contributed by atoms with E-state index in [2.05, 4.69) is 5.32 Å². The summed E-state index contributed by atoms with van der Waals surface area (Å²) in [5.74, 6) is 0.977. The fourth-order valence-corrected chi connectivity index (χ4v) is 2.72. The third-order valence-electron chi connectivity index (χ3n) is 4.24. The molecule has 140 valence electrons. The number of ether oxygens (including phenoxy) is 1. The first kappa shape index (κ1) is 18.5. The number of benzene rings is 2. The van der Waals surface area contributed by atoms with Gasteiger partial charge in [-0.1, -0.05) is 24.3 Å². The SMILES string of the molecule is COc1ccc(C(=O)O)cc1NCc1ccc(-c2ccc(C(C)O)cc2)o1. The van der Waals surface area contributed by atoms with Gasteiger partial charge in [0.15, 0.2) is 0 Å². The maximum Gasteiger partial charge on any atom is 0.335 e. The van der Waals surface area contributed by atoms with Crippen LogP contribution in [0.3, 0.4) is 0 Å². The molecule has 2 aromatic carbocycles. The molecule has 27 heavy (non-hydrogen) atoms. The van der Waals surface area contributed by atoms with E-state index in [1.165, 1.54) is 19.2 Å². The monoisotopic (exact) mass is 367 g/mol. The molecule has 0 fully saturated rings. The Balaban J connectivity index is 1.73. The number of furan rings is 1. The van der Waals surface area contributed by atoms with E-state index in [9.17, 15) is 9.90 Å². The van der Waals surface area contributed by atoms with Gasteiger partial charge < -0.3 is 24.7 Å². The third kappa shape index (κ3) is 4.30.